The van der Waals surface area contributed by atoms with Crippen LogP contribution in [0, 0.1) is 6.92 Å². The number of furan rings is 1. The first-order valence-electron chi connectivity index (χ1n) is 6.05. The predicted molar refractivity (Wildman–Crippen MR) is 75.0 cm³/mol. The molecule has 0 spiro atoms. The van der Waals surface area contributed by atoms with Crippen molar-refractivity contribution in [3.8, 4) is 0 Å². The van der Waals surface area contributed by atoms with Gasteiger partial charge >= 0.3 is 0 Å². The SMILES string of the molecule is CCCc1nnc(NC(=O)/C=C/c2ccc(C)o2)s1. The molecule has 0 aliphatic carbocycles. The molecule has 0 unspecified atom stereocenters. The molecule has 0 atom stereocenters. The zero-order valence-electron chi connectivity index (χ0n) is 10.8. The van der Waals surface area contributed by atoms with Gasteiger partial charge in [-0.2, -0.15) is 0 Å². The zero-order chi connectivity index (χ0) is 13.7. The van der Waals surface area contributed by atoms with E-state index in [0.717, 1.165) is 23.6 Å². The highest BCUT2D eigenvalue weighted by Gasteiger charge is 2.05. The van der Waals surface area contributed by atoms with Crippen molar-refractivity contribution in [2.45, 2.75) is 26.7 Å². The first-order valence-corrected chi connectivity index (χ1v) is 6.87. The van der Waals surface area contributed by atoms with Crippen LogP contribution in [0.4, 0.5) is 5.13 Å². The molecule has 2 aromatic heterocycles. The van der Waals surface area contributed by atoms with Crippen LogP contribution in [0.1, 0.15) is 29.9 Å². The fourth-order valence-corrected chi connectivity index (χ4v) is 2.31. The van der Waals surface area contributed by atoms with E-state index in [1.807, 2.05) is 19.1 Å². The van der Waals surface area contributed by atoms with Crippen LogP contribution in [0.5, 0.6) is 0 Å². The Labute approximate surface area is 115 Å². The van der Waals surface area contributed by atoms with E-state index in [-0.39, 0.29) is 5.91 Å². The summed E-state index contributed by atoms with van der Waals surface area (Å²) in [5.41, 5.74) is 0. The van der Waals surface area contributed by atoms with Gasteiger partial charge in [-0.15, -0.1) is 10.2 Å². The second-order valence-corrected chi connectivity index (χ2v) is 5.08. The number of carbonyl (C=O) groups is 1. The van der Waals surface area contributed by atoms with Gasteiger partial charge in [0.05, 0.1) is 0 Å². The van der Waals surface area contributed by atoms with E-state index in [2.05, 4.69) is 22.4 Å². The van der Waals surface area contributed by atoms with Crippen LogP contribution in [-0.4, -0.2) is 16.1 Å². The molecule has 0 aliphatic heterocycles. The maximum Gasteiger partial charge on any atom is 0.250 e. The standard InChI is InChI=1S/C13H15N3O2S/c1-3-4-12-15-16-13(19-12)14-11(17)8-7-10-6-5-9(2)18-10/h5-8H,3-4H2,1-2H3,(H,14,16,17)/b8-7+. The van der Waals surface area contributed by atoms with E-state index < -0.39 is 0 Å². The van der Waals surface area contributed by atoms with Crippen molar-refractivity contribution < 1.29 is 9.21 Å². The first-order chi connectivity index (χ1) is 9.17. The molecule has 6 heteroatoms. The van der Waals surface area contributed by atoms with Crippen LogP contribution in [-0.2, 0) is 11.2 Å². The lowest BCUT2D eigenvalue weighted by Gasteiger charge is -1.93. The summed E-state index contributed by atoms with van der Waals surface area (Å²) in [5, 5.41) is 12.0. The predicted octanol–water partition coefficient (Wildman–Crippen LogP) is 3.04. The number of anilines is 1. The van der Waals surface area contributed by atoms with Gasteiger partial charge in [-0.3, -0.25) is 10.1 Å². The van der Waals surface area contributed by atoms with E-state index in [1.54, 1.807) is 6.08 Å². The van der Waals surface area contributed by atoms with Crippen molar-refractivity contribution in [1.29, 1.82) is 0 Å². The molecule has 1 N–H and O–H groups in total. The van der Waals surface area contributed by atoms with Gasteiger partial charge in [0.15, 0.2) is 0 Å². The second kappa shape index (κ2) is 6.29. The molecule has 0 aromatic carbocycles. The number of aryl methyl sites for hydroxylation is 2. The molecule has 19 heavy (non-hydrogen) atoms. The third-order valence-electron chi connectivity index (χ3n) is 2.32. The van der Waals surface area contributed by atoms with E-state index in [0.29, 0.717) is 10.9 Å². The largest absolute Gasteiger partial charge is 0.462 e. The molecule has 0 bridgehead atoms. The molecule has 0 aliphatic rings. The van der Waals surface area contributed by atoms with Gasteiger partial charge in [0.2, 0.25) is 11.0 Å². The van der Waals surface area contributed by atoms with Crippen LogP contribution in [0.2, 0.25) is 0 Å². The van der Waals surface area contributed by atoms with Crippen molar-refractivity contribution in [1.82, 2.24) is 10.2 Å². The minimum absolute atomic E-state index is 0.242. The highest BCUT2D eigenvalue weighted by molar-refractivity contribution is 7.15. The van der Waals surface area contributed by atoms with Gasteiger partial charge in [-0.25, -0.2) is 0 Å². The van der Waals surface area contributed by atoms with Crippen molar-refractivity contribution in [2.24, 2.45) is 0 Å². The van der Waals surface area contributed by atoms with Gasteiger partial charge in [0, 0.05) is 12.5 Å². The topological polar surface area (TPSA) is 68.0 Å². The molecular formula is C13H15N3O2S. The number of aromatic nitrogens is 2. The molecule has 0 saturated heterocycles. The first kappa shape index (κ1) is 13.5. The second-order valence-electron chi connectivity index (χ2n) is 4.02. The van der Waals surface area contributed by atoms with E-state index in [4.69, 9.17) is 4.42 Å². The molecular weight excluding hydrogens is 262 g/mol. The third-order valence-corrected chi connectivity index (χ3v) is 3.22. The number of rotatable bonds is 5. The van der Waals surface area contributed by atoms with Crippen LogP contribution in [0.3, 0.4) is 0 Å². The summed E-state index contributed by atoms with van der Waals surface area (Å²) in [6.07, 6.45) is 4.94. The smallest absolute Gasteiger partial charge is 0.250 e. The average Bonchev–Trinajstić information content (AvgIpc) is 2.97. The average molecular weight is 277 g/mol. The Morgan fingerprint density at radius 1 is 1.47 bits per heavy atom. The lowest BCUT2D eigenvalue weighted by molar-refractivity contribution is -0.111. The number of hydrogen-bond acceptors (Lipinski definition) is 5. The normalized spacial score (nSPS) is 11.1. The Morgan fingerprint density at radius 2 is 2.32 bits per heavy atom. The summed E-state index contributed by atoms with van der Waals surface area (Å²) < 4.78 is 5.33. The van der Waals surface area contributed by atoms with Crippen LogP contribution >= 0.6 is 11.3 Å². The maximum absolute atomic E-state index is 11.7. The molecule has 0 saturated carbocycles. The molecule has 2 rings (SSSR count). The Morgan fingerprint density at radius 3 is 3.00 bits per heavy atom. The number of nitrogens with zero attached hydrogens (tertiary/aromatic N) is 2. The molecule has 5 nitrogen and oxygen atoms in total. The van der Waals surface area contributed by atoms with Crippen LogP contribution in [0.25, 0.3) is 6.08 Å². The molecule has 0 radical (unpaired) electrons. The monoisotopic (exact) mass is 277 g/mol. The van der Waals surface area contributed by atoms with Crippen molar-refractivity contribution >= 4 is 28.5 Å². The number of carbonyl (C=O) groups excluding carboxylic acids is 1. The van der Waals surface area contributed by atoms with E-state index in [1.165, 1.54) is 17.4 Å². The zero-order valence-corrected chi connectivity index (χ0v) is 11.7. The summed E-state index contributed by atoms with van der Waals surface area (Å²) in [7, 11) is 0. The number of nitrogens with one attached hydrogen (secondary N) is 1. The molecule has 2 heterocycles. The summed E-state index contributed by atoms with van der Waals surface area (Å²) in [6, 6.07) is 3.66. The summed E-state index contributed by atoms with van der Waals surface area (Å²) in [6.45, 7) is 3.93. The summed E-state index contributed by atoms with van der Waals surface area (Å²) in [4.78, 5) is 11.7. The van der Waals surface area contributed by atoms with Gasteiger partial charge in [0.1, 0.15) is 16.5 Å². The van der Waals surface area contributed by atoms with Crippen LogP contribution in [0.15, 0.2) is 22.6 Å². The Hall–Kier alpha value is -1.95. The van der Waals surface area contributed by atoms with Crippen molar-refractivity contribution in [3.63, 3.8) is 0 Å². The summed E-state index contributed by atoms with van der Waals surface area (Å²) >= 11 is 1.40. The molecule has 1 amide bonds. The van der Waals surface area contributed by atoms with Crippen LogP contribution < -0.4 is 5.32 Å². The van der Waals surface area contributed by atoms with E-state index >= 15 is 0 Å². The highest BCUT2D eigenvalue weighted by atomic mass is 32.1. The maximum atomic E-state index is 11.7. The number of amides is 1. The van der Waals surface area contributed by atoms with Crippen molar-refractivity contribution in [3.05, 3.63) is 34.7 Å². The highest BCUT2D eigenvalue weighted by Crippen LogP contribution is 2.16. The molecule has 100 valence electrons. The fourth-order valence-electron chi connectivity index (χ4n) is 1.47. The fraction of sp³-hybridized carbons (Fsp3) is 0.308. The van der Waals surface area contributed by atoms with Gasteiger partial charge in [-0.05, 0) is 31.6 Å². The number of hydrogen-bond donors (Lipinski definition) is 1. The lowest BCUT2D eigenvalue weighted by Crippen LogP contribution is -2.07. The Kier molecular flexibility index (Phi) is 4.46. The minimum atomic E-state index is -0.242. The summed E-state index contributed by atoms with van der Waals surface area (Å²) in [5.74, 6) is 1.22. The van der Waals surface area contributed by atoms with Gasteiger partial charge in [-0.1, -0.05) is 18.3 Å². The third kappa shape index (κ3) is 4.03. The quantitative estimate of drug-likeness (QED) is 0.853. The van der Waals surface area contributed by atoms with Crippen molar-refractivity contribution in [2.75, 3.05) is 5.32 Å². The molecule has 0 fully saturated rings. The lowest BCUT2D eigenvalue weighted by atomic mass is 10.4. The Balaban J connectivity index is 1.91. The van der Waals surface area contributed by atoms with Gasteiger partial charge in [0.25, 0.3) is 0 Å². The Bertz CT molecular complexity index is 586. The minimum Gasteiger partial charge on any atom is -0.462 e. The molecule has 2 aromatic rings. The van der Waals surface area contributed by atoms with E-state index in [9.17, 15) is 4.79 Å². The van der Waals surface area contributed by atoms with Gasteiger partial charge < -0.3 is 4.42 Å².